The van der Waals surface area contributed by atoms with Crippen molar-refractivity contribution in [2.75, 3.05) is 44.7 Å². The number of amides is 2. The number of nitrogens with zero attached hydrogens (tertiary/aromatic N) is 2. The van der Waals surface area contributed by atoms with Crippen molar-refractivity contribution >= 4 is 11.7 Å². The Morgan fingerprint density at radius 2 is 1.80 bits per heavy atom. The van der Waals surface area contributed by atoms with E-state index in [1.54, 1.807) is 0 Å². The molecule has 1 aromatic carbocycles. The maximum atomic E-state index is 12.4. The van der Waals surface area contributed by atoms with Crippen LogP contribution >= 0.6 is 0 Å². The van der Waals surface area contributed by atoms with Gasteiger partial charge in [-0.2, -0.15) is 0 Å². The number of anilines is 1. The van der Waals surface area contributed by atoms with Crippen LogP contribution in [-0.4, -0.2) is 67.1 Å². The first-order chi connectivity index (χ1) is 12.0. The van der Waals surface area contributed by atoms with Crippen molar-refractivity contribution in [3.05, 3.63) is 29.3 Å². The van der Waals surface area contributed by atoms with Crippen LogP contribution in [0, 0.1) is 13.8 Å². The van der Waals surface area contributed by atoms with Crippen molar-refractivity contribution in [2.24, 2.45) is 0 Å². The van der Waals surface area contributed by atoms with Crippen LogP contribution in [0.1, 0.15) is 24.0 Å². The number of aryl methyl sites for hydroxylation is 2. The molecule has 2 amide bonds. The molecule has 0 radical (unpaired) electrons. The third-order valence-corrected chi connectivity index (χ3v) is 5.80. The van der Waals surface area contributed by atoms with Crippen LogP contribution in [0.4, 0.5) is 10.5 Å². The van der Waals surface area contributed by atoms with Crippen molar-refractivity contribution in [3.63, 3.8) is 0 Å². The quantitative estimate of drug-likeness (QED) is 0.894. The molecule has 4 rings (SSSR count). The third-order valence-electron chi connectivity index (χ3n) is 5.80. The summed E-state index contributed by atoms with van der Waals surface area (Å²) in [6, 6.07) is 6.49. The fraction of sp³-hybridized carbons (Fsp3) is 0.632. The molecule has 3 aliphatic rings. The van der Waals surface area contributed by atoms with Gasteiger partial charge in [-0.05, 0) is 37.1 Å². The molecule has 1 spiro atoms. The first kappa shape index (κ1) is 16.8. The molecule has 3 heterocycles. The standard InChI is InChI=1S/C19H27N3O3/c1-14-3-4-16(11-15(14)2)20-18(23)22-12-17(13-22)21-7-5-19(6-8-21)24-9-10-25-19/h3-4,11,17H,5-10,12-13H2,1-2H3,(H,20,23). The molecule has 25 heavy (non-hydrogen) atoms. The molecular formula is C19H27N3O3. The number of urea groups is 1. The van der Waals surface area contributed by atoms with Gasteiger partial charge >= 0.3 is 6.03 Å². The summed E-state index contributed by atoms with van der Waals surface area (Å²) < 4.78 is 11.6. The predicted octanol–water partition coefficient (Wildman–Crippen LogP) is 2.36. The van der Waals surface area contributed by atoms with Crippen molar-refractivity contribution in [2.45, 2.75) is 38.5 Å². The van der Waals surface area contributed by atoms with E-state index in [1.807, 2.05) is 23.1 Å². The van der Waals surface area contributed by atoms with Gasteiger partial charge in [0.15, 0.2) is 5.79 Å². The van der Waals surface area contributed by atoms with E-state index >= 15 is 0 Å². The number of hydrogen-bond acceptors (Lipinski definition) is 4. The highest BCUT2D eigenvalue weighted by Crippen LogP contribution is 2.33. The van der Waals surface area contributed by atoms with E-state index in [0.717, 1.165) is 57.9 Å². The molecule has 0 bridgehead atoms. The zero-order chi connectivity index (χ0) is 17.4. The molecule has 6 nitrogen and oxygen atoms in total. The molecule has 0 atom stereocenters. The van der Waals surface area contributed by atoms with Gasteiger partial charge in [-0.3, -0.25) is 4.90 Å². The van der Waals surface area contributed by atoms with Gasteiger partial charge in [-0.15, -0.1) is 0 Å². The Morgan fingerprint density at radius 3 is 2.44 bits per heavy atom. The van der Waals surface area contributed by atoms with Crippen LogP contribution in [0.2, 0.25) is 0 Å². The van der Waals surface area contributed by atoms with Crippen LogP contribution in [0.15, 0.2) is 18.2 Å². The van der Waals surface area contributed by atoms with Gasteiger partial charge in [-0.25, -0.2) is 4.79 Å². The van der Waals surface area contributed by atoms with Crippen molar-refractivity contribution in [1.82, 2.24) is 9.80 Å². The lowest BCUT2D eigenvalue weighted by Crippen LogP contribution is -2.64. The van der Waals surface area contributed by atoms with Crippen LogP contribution in [0.3, 0.4) is 0 Å². The van der Waals surface area contributed by atoms with Crippen molar-refractivity contribution < 1.29 is 14.3 Å². The topological polar surface area (TPSA) is 54.0 Å². The Kier molecular flexibility index (Phi) is 4.43. The largest absolute Gasteiger partial charge is 0.347 e. The van der Waals surface area contributed by atoms with Gasteiger partial charge in [0.2, 0.25) is 0 Å². The molecule has 3 aliphatic heterocycles. The van der Waals surface area contributed by atoms with Crippen LogP contribution in [-0.2, 0) is 9.47 Å². The molecular weight excluding hydrogens is 318 g/mol. The Balaban J connectivity index is 1.24. The number of rotatable bonds is 2. The first-order valence-corrected chi connectivity index (χ1v) is 9.20. The minimum absolute atomic E-state index is 0.00422. The maximum Gasteiger partial charge on any atom is 0.321 e. The van der Waals surface area contributed by atoms with E-state index in [9.17, 15) is 4.79 Å². The number of carbonyl (C=O) groups is 1. The summed E-state index contributed by atoms with van der Waals surface area (Å²) in [6.07, 6.45) is 1.86. The van der Waals surface area contributed by atoms with E-state index in [4.69, 9.17) is 9.47 Å². The number of benzene rings is 1. The number of nitrogens with one attached hydrogen (secondary N) is 1. The Hall–Kier alpha value is -1.63. The number of piperidine rings is 1. The third kappa shape index (κ3) is 3.38. The van der Waals surface area contributed by atoms with Gasteiger partial charge in [0.1, 0.15) is 0 Å². The number of carbonyl (C=O) groups excluding carboxylic acids is 1. The molecule has 6 heteroatoms. The van der Waals surface area contributed by atoms with E-state index in [1.165, 1.54) is 11.1 Å². The molecule has 1 N–H and O–H groups in total. The average Bonchev–Trinajstić information content (AvgIpc) is 3.00. The second-order valence-corrected chi connectivity index (χ2v) is 7.43. The SMILES string of the molecule is Cc1ccc(NC(=O)N2CC(N3CCC4(CC3)OCCO4)C2)cc1C. The van der Waals surface area contributed by atoms with Gasteiger partial charge in [0.25, 0.3) is 0 Å². The minimum Gasteiger partial charge on any atom is -0.347 e. The molecule has 0 aromatic heterocycles. The zero-order valence-corrected chi connectivity index (χ0v) is 15.1. The van der Waals surface area contributed by atoms with Gasteiger partial charge in [-0.1, -0.05) is 6.07 Å². The highest BCUT2D eigenvalue weighted by molar-refractivity contribution is 5.90. The van der Waals surface area contributed by atoms with E-state index in [-0.39, 0.29) is 11.8 Å². The Morgan fingerprint density at radius 1 is 1.12 bits per heavy atom. The van der Waals surface area contributed by atoms with Crippen LogP contribution < -0.4 is 5.32 Å². The van der Waals surface area contributed by atoms with Crippen molar-refractivity contribution in [3.8, 4) is 0 Å². The molecule has 0 unspecified atom stereocenters. The average molecular weight is 345 g/mol. The second-order valence-electron chi connectivity index (χ2n) is 7.43. The minimum atomic E-state index is -0.319. The molecule has 3 saturated heterocycles. The summed E-state index contributed by atoms with van der Waals surface area (Å²) >= 11 is 0. The molecule has 136 valence electrons. The Bertz CT molecular complexity index is 641. The van der Waals surface area contributed by atoms with Crippen LogP contribution in [0.5, 0.6) is 0 Å². The van der Waals surface area contributed by atoms with Crippen molar-refractivity contribution in [1.29, 1.82) is 0 Å². The molecule has 3 fully saturated rings. The van der Waals surface area contributed by atoms with E-state index in [2.05, 4.69) is 24.1 Å². The molecule has 0 aliphatic carbocycles. The lowest BCUT2D eigenvalue weighted by molar-refractivity contribution is -0.190. The lowest BCUT2D eigenvalue weighted by atomic mass is 9.99. The summed E-state index contributed by atoms with van der Waals surface area (Å²) in [7, 11) is 0. The second kappa shape index (κ2) is 6.59. The normalized spacial score (nSPS) is 23.7. The van der Waals surface area contributed by atoms with Gasteiger partial charge in [0.05, 0.1) is 13.2 Å². The maximum absolute atomic E-state index is 12.4. The fourth-order valence-corrected chi connectivity index (χ4v) is 3.89. The number of hydrogen-bond donors (Lipinski definition) is 1. The molecule has 1 aromatic rings. The van der Waals surface area contributed by atoms with Gasteiger partial charge in [0, 0.05) is 50.7 Å². The fourth-order valence-electron chi connectivity index (χ4n) is 3.89. The Labute approximate surface area is 149 Å². The number of ether oxygens (including phenoxy) is 2. The van der Waals surface area contributed by atoms with E-state index in [0.29, 0.717) is 6.04 Å². The zero-order valence-electron chi connectivity index (χ0n) is 15.1. The molecule has 0 saturated carbocycles. The first-order valence-electron chi connectivity index (χ1n) is 9.20. The summed E-state index contributed by atoms with van der Waals surface area (Å²) in [5, 5.41) is 3.00. The van der Waals surface area contributed by atoms with Gasteiger partial charge < -0.3 is 19.7 Å². The van der Waals surface area contributed by atoms with E-state index < -0.39 is 0 Å². The summed E-state index contributed by atoms with van der Waals surface area (Å²) in [5.74, 6) is -0.319. The smallest absolute Gasteiger partial charge is 0.321 e. The number of likely N-dealkylation sites (tertiary alicyclic amines) is 2. The highest BCUT2D eigenvalue weighted by Gasteiger charge is 2.43. The lowest BCUT2D eigenvalue weighted by Gasteiger charge is -2.48. The summed E-state index contributed by atoms with van der Waals surface area (Å²) in [4.78, 5) is 16.7. The van der Waals surface area contributed by atoms with Crippen LogP contribution in [0.25, 0.3) is 0 Å². The summed E-state index contributed by atoms with van der Waals surface area (Å²) in [5.41, 5.74) is 3.30. The highest BCUT2D eigenvalue weighted by atomic mass is 16.7. The monoisotopic (exact) mass is 345 g/mol. The predicted molar refractivity (Wildman–Crippen MR) is 95.7 cm³/mol. The summed E-state index contributed by atoms with van der Waals surface area (Å²) in [6.45, 7) is 9.13.